The Morgan fingerprint density at radius 3 is 2.79 bits per heavy atom. The van der Waals surface area contributed by atoms with E-state index in [0.29, 0.717) is 45.0 Å². The lowest BCUT2D eigenvalue weighted by Gasteiger charge is -2.23. The standard InChI is InChI=1S/C19H14ClN3O4S/c20-14-5-12(6-16-17(14)27-10-26-16)19(25)23-9-28-8-15(23)18(24)22-13-3-1-11(7-21)2-4-13/h1-6,15H,8-10H2,(H,22,24). The summed E-state index contributed by atoms with van der Waals surface area (Å²) in [7, 11) is 0. The first-order valence-electron chi connectivity index (χ1n) is 8.35. The number of carbonyl (C=O) groups excluding carboxylic acids is 2. The first-order chi connectivity index (χ1) is 13.6. The first kappa shape index (κ1) is 18.5. The van der Waals surface area contributed by atoms with Gasteiger partial charge in [-0.15, -0.1) is 11.8 Å². The van der Waals surface area contributed by atoms with Gasteiger partial charge in [-0.25, -0.2) is 0 Å². The number of hydrogen-bond donors (Lipinski definition) is 1. The maximum atomic E-state index is 13.0. The number of halogens is 1. The Labute approximate surface area is 170 Å². The Kier molecular flexibility index (Phi) is 5.03. The summed E-state index contributed by atoms with van der Waals surface area (Å²) in [5.41, 5.74) is 1.42. The molecule has 9 heteroatoms. The van der Waals surface area contributed by atoms with E-state index in [2.05, 4.69) is 5.32 Å². The summed E-state index contributed by atoms with van der Waals surface area (Å²) in [4.78, 5) is 27.2. The molecule has 2 heterocycles. The van der Waals surface area contributed by atoms with Crippen molar-refractivity contribution in [3.63, 3.8) is 0 Å². The van der Waals surface area contributed by atoms with Gasteiger partial charge in [0.05, 0.1) is 22.5 Å². The van der Waals surface area contributed by atoms with Gasteiger partial charge in [-0.05, 0) is 36.4 Å². The van der Waals surface area contributed by atoms with Crippen molar-refractivity contribution in [3.05, 3.63) is 52.5 Å². The van der Waals surface area contributed by atoms with Crippen molar-refractivity contribution in [3.8, 4) is 17.6 Å². The van der Waals surface area contributed by atoms with Crippen LogP contribution in [0.1, 0.15) is 15.9 Å². The predicted molar refractivity (Wildman–Crippen MR) is 105 cm³/mol. The van der Waals surface area contributed by atoms with Crippen LogP contribution in [0.15, 0.2) is 36.4 Å². The molecule has 1 N–H and O–H groups in total. The van der Waals surface area contributed by atoms with Crippen LogP contribution in [0, 0.1) is 11.3 Å². The minimum absolute atomic E-state index is 0.0574. The molecule has 28 heavy (non-hydrogen) atoms. The minimum Gasteiger partial charge on any atom is -0.454 e. The van der Waals surface area contributed by atoms with E-state index in [1.54, 1.807) is 30.3 Å². The highest BCUT2D eigenvalue weighted by Gasteiger charge is 2.36. The zero-order valence-electron chi connectivity index (χ0n) is 14.5. The van der Waals surface area contributed by atoms with Crippen LogP contribution < -0.4 is 14.8 Å². The van der Waals surface area contributed by atoms with Gasteiger partial charge in [-0.1, -0.05) is 11.6 Å². The van der Waals surface area contributed by atoms with Crippen molar-refractivity contribution in [2.24, 2.45) is 0 Å². The number of carbonyl (C=O) groups is 2. The number of thioether (sulfide) groups is 1. The van der Waals surface area contributed by atoms with E-state index in [1.807, 2.05) is 6.07 Å². The molecule has 0 saturated carbocycles. The summed E-state index contributed by atoms with van der Waals surface area (Å²) in [6.07, 6.45) is 0. The van der Waals surface area contributed by atoms with E-state index in [0.717, 1.165) is 0 Å². The molecule has 0 aromatic heterocycles. The zero-order chi connectivity index (χ0) is 19.7. The number of anilines is 1. The average Bonchev–Trinajstić information content (AvgIpc) is 3.37. The van der Waals surface area contributed by atoms with E-state index in [-0.39, 0.29) is 18.6 Å². The maximum absolute atomic E-state index is 13.0. The molecule has 1 unspecified atom stereocenters. The molecule has 2 amide bonds. The van der Waals surface area contributed by atoms with Crippen molar-refractivity contribution in [1.29, 1.82) is 5.26 Å². The molecule has 7 nitrogen and oxygen atoms in total. The highest BCUT2D eigenvalue weighted by molar-refractivity contribution is 7.99. The fourth-order valence-electron chi connectivity index (χ4n) is 2.97. The third-order valence-corrected chi connectivity index (χ3v) is 5.69. The topological polar surface area (TPSA) is 91.7 Å². The molecule has 1 atom stereocenters. The van der Waals surface area contributed by atoms with Crippen LogP contribution in [-0.2, 0) is 4.79 Å². The molecule has 0 radical (unpaired) electrons. The van der Waals surface area contributed by atoms with Gasteiger partial charge in [0.2, 0.25) is 12.7 Å². The number of ether oxygens (including phenoxy) is 2. The lowest BCUT2D eigenvalue weighted by molar-refractivity contribution is -0.119. The monoisotopic (exact) mass is 415 g/mol. The molecule has 0 spiro atoms. The smallest absolute Gasteiger partial charge is 0.255 e. The summed E-state index contributed by atoms with van der Waals surface area (Å²) in [5.74, 6) is 1.15. The van der Waals surface area contributed by atoms with Gasteiger partial charge >= 0.3 is 0 Å². The third kappa shape index (κ3) is 3.46. The van der Waals surface area contributed by atoms with Crippen LogP contribution in [0.25, 0.3) is 0 Å². The molecule has 2 aliphatic heterocycles. The largest absolute Gasteiger partial charge is 0.454 e. The molecular weight excluding hydrogens is 402 g/mol. The Morgan fingerprint density at radius 1 is 1.25 bits per heavy atom. The Balaban J connectivity index is 1.51. The molecule has 1 fully saturated rings. The van der Waals surface area contributed by atoms with Gasteiger partial charge in [-0.2, -0.15) is 5.26 Å². The van der Waals surface area contributed by atoms with Gasteiger partial charge in [0.1, 0.15) is 6.04 Å². The van der Waals surface area contributed by atoms with Crippen LogP contribution in [0.5, 0.6) is 11.5 Å². The van der Waals surface area contributed by atoms with Crippen LogP contribution in [0.2, 0.25) is 5.02 Å². The number of fused-ring (bicyclic) bond motifs is 1. The fourth-order valence-corrected chi connectivity index (χ4v) is 4.39. The molecule has 2 aliphatic rings. The quantitative estimate of drug-likeness (QED) is 0.828. The van der Waals surface area contributed by atoms with Crippen molar-refractivity contribution in [1.82, 2.24) is 4.90 Å². The van der Waals surface area contributed by atoms with E-state index in [4.69, 9.17) is 26.3 Å². The molecule has 2 aromatic rings. The van der Waals surface area contributed by atoms with Gasteiger partial charge in [0.15, 0.2) is 11.5 Å². The van der Waals surface area contributed by atoms with Crippen molar-refractivity contribution < 1.29 is 19.1 Å². The second-order valence-corrected chi connectivity index (χ2v) is 7.57. The van der Waals surface area contributed by atoms with Gasteiger partial charge < -0.3 is 19.7 Å². The van der Waals surface area contributed by atoms with Gasteiger partial charge in [-0.3, -0.25) is 9.59 Å². The summed E-state index contributed by atoms with van der Waals surface area (Å²) >= 11 is 7.67. The molecule has 4 rings (SSSR count). The molecule has 2 aromatic carbocycles. The van der Waals surface area contributed by atoms with Crippen LogP contribution >= 0.6 is 23.4 Å². The van der Waals surface area contributed by atoms with Crippen LogP contribution in [-0.4, -0.2) is 41.2 Å². The maximum Gasteiger partial charge on any atom is 0.255 e. The average molecular weight is 416 g/mol. The molecule has 0 aliphatic carbocycles. The van der Waals surface area contributed by atoms with Crippen molar-refractivity contribution in [2.75, 3.05) is 23.7 Å². The van der Waals surface area contributed by atoms with Gasteiger partial charge in [0, 0.05) is 17.0 Å². The van der Waals surface area contributed by atoms with Crippen molar-refractivity contribution in [2.45, 2.75) is 6.04 Å². The lowest BCUT2D eigenvalue weighted by Crippen LogP contribution is -2.44. The third-order valence-electron chi connectivity index (χ3n) is 4.40. The highest BCUT2D eigenvalue weighted by Crippen LogP contribution is 2.40. The SMILES string of the molecule is N#Cc1ccc(NC(=O)C2CSCN2C(=O)c2cc(Cl)c3c(c2)OCO3)cc1. The zero-order valence-corrected chi connectivity index (χ0v) is 16.0. The number of rotatable bonds is 3. The number of benzene rings is 2. The summed E-state index contributed by atoms with van der Waals surface area (Å²) in [6.45, 7) is 0.0574. The second kappa shape index (κ2) is 7.62. The van der Waals surface area contributed by atoms with Crippen molar-refractivity contribution >= 4 is 40.9 Å². The Hall–Kier alpha value is -2.89. The Morgan fingerprint density at radius 2 is 2.04 bits per heavy atom. The molecular formula is C19H14ClN3O4S. The number of hydrogen-bond acceptors (Lipinski definition) is 6. The predicted octanol–water partition coefficient (Wildman–Crippen LogP) is 3.09. The van der Waals surface area contributed by atoms with E-state index < -0.39 is 6.04 Å². The van der Waals surface area contributed by atoms with Crippen LogP contribution in [0.4, 0.5) is 5.69 Å². The first-order valence-corrected chi connectivity index (χ1v) is 9.89. The fraction of sp³-hybridized carbons (Fsp3) is 0.211. The van der Waals surface area contributed by atoms with E-state index >= 15 is 0 Å². The van der Waals surface area contributed by atoms with Crippen LogP contribution in [0.3, 0.4) is 0 Å². The molecule has 1 saturated heterocycles. The lowest BCUT2D eigenvalue weighted by atomic mass is 10.1. The molecule has 142 valence electrons. The Bertz CT molecular complexity index is 990. The summed E-state index contributed by atoms with van der Waals surface area (Å²) < 4.78 is 10.6. The minimum atomic E-state index is -0.614. The molecule has 0 bridgehead atoms. The van der Waals surface area contributed by atoms with E-state index in [9.17, 15) is 9.59 Å². The number of amides is 2. The van der Waals surface area contributed by atoms with Gasteiger partial charge in [0.25, 0.3) is 5.91 Å². The number of nitrogens with zero attached hydrogens (tertiary/aromatic N) is 2. The number of nitrogens with one attached hydrogen (secondary N) is 1. The number of nitriles is 1. The second-order valence-electron chi connectivity index (χ2n) is 6.16. The van der Waals surface area contributed by atoms with E-state index in [1.165, 1.54) is 22.7 Å². The normalized spacial score (nSPS) is 17.3. The highest BCUT2D eigenvalue weighted by atomic mass is 35.5. The summed E-state index contributed by atoms with van der Waals surface area (Å²) in [5, 5.41) is 11.9. The summed E-state index contributed by atoms with van der Waals surface area (Å²) in [6, 6.07) is 11.1.